The van der Waals surface area contributed by atoms with E-state index < -0.39 is 6.10 Å². The third kappa shape index (κ3) is 5.11. The van der Waals surface area contributed by atoms with Crippen molar-refractivity contribution in [2.45, 2.75) is 46.3 Å². The zero-order valence-corrected chi connectivity index (χ0v) is 12.7. The number of rotatable bonds is 6. The van der Waals surface area contributed by atoms with Crippen molar-refractivity contribution in [2.75, 3.05) is 0 Å². The Kier molecular flexibility index (Phi) is 6.16. The zero-order chi connectivity index (χ0) is 14.4. The van der Waals surface area contributed by atoms with E-state index in [9.17, 15) is 4.79 Å². The molecular weight excluding hydrogens is 262 g/mol. The van der Waals surface area contributed by atoms with Gasteiger partial charge in [0.2, 0.25) is 0 Å². The van der Waals surface area contributed by atoms with Crippen LogP contribution in [0, 0.1) is 5.92 Å². The summed E-state index contributed by atoms with van der Waals surface area (Å²) in [4.78, 5) is 12.1. The molecule has 0 spiro atoms. The summed E-state index contributed by atoms with van der Waals surface area (Å²) in [7, 11) is 0. The number of ether oxygens (including phenoxy) is 1. The lowest BCUT2D eigenvalue weighted by atomic mass is 10.1. The third-order valence-corrected chi connectivity index (χ3v) is 3.34. The fourth-order valence-corrected chi connectivity index (χ4v) is 1.69. The van der Waals surface area contributed by atoms with E-state index >= 15 is 0 Å². The first-order chi connectivity index (χ1) is 8.93. The molecule has 106 valence electrons. The smallest absolute Gasteiger partial charge is 0.261 e. The second-order valence-corrected chi connectivity index (χ2v) is 5.45. The summed E-state index contributed by atoms with van der Waals surface area (Å²) < 4.78 is 5.69. The molecule has 1 amide bonds. The van der Waals surface area contributed by atoms with Gasteiger partial charge in [0.15, 0.2) is 6.10 Å². The summed E-state index contributed by atoms with van der Waals surface area (Å²) in [5.41, 5.74) is 0. The Morgan fingerprint density at radius 3 is 2.58 bits per heavy atom. The molecule has 19 heavy (non-hydrogen) atoms. The molecule has 0 aliphatic carbocycles. The maximum atomic E-state index is 12.1. The van der Waals surface area contributed by atoms with Gasteiger partial charge in [0, 0.05) is 11.1 Å². The highest BCUT2D eigenvalue weighted by molar-refractivity contribution is 6.30. The Morgan fingerprint density at radius 2 is 2.05 bits per heavy atom. The van der Waals surface area contributed by atoms with Gasteiger partial charge in [-0.3, -0.25) is 4.79 Å². The van der Waals surface area contributed by atoms with Crippen molar-refractivity contribution in [2.24, 2.45) is 5.92 Å². The van der Waals surface area contributed by atoms with Gasteiger partial charge in [-0.15, -0.1) is 0 Å². The summed E-state index contributed by atoms with van der Waals surface area (Å²) in [6.07, 6.45) is 0.128. The first-order valence-electron chi connectivity index (χ1n) is 6.66. The lowest BCUT2D eigenvalue weighted by molar-refractivity contribution is -0.129. The standard InChI is InChI=1S/C15H22ClNO2/c1-5-14(15(18)17-11(4)10(2)3)19-13-8-6-7-12(16)9-13/h6-11,14H,5H2,1-4H3,(H,17,18)/t11-,14+/m0/s1. The van der Waals surface area contributed by atoms with E-state index in [1.54, 1.807) is 24.3 Å². The van der Waals surface area contributed by atoms with E-state index in [4.69, 9.17) is 16.3 Å². The lowest BCUT2D eigenvalue weighted by Gasteiger charge is -2.22. The van der Waals surface area contributed by atoms with Crippen LogP contribution in [0.4, 0.5) is 0 Å². The van der Waals surface area contributed by atoms with E-state index in [-0.39, 0.29) is 11.9 Å². The Balaban J connectivity index is 2.65. The molecule has 1 rings (SSSR count). The fraction of sp³-hybridized carbons (Fsp3) is 0.533. The predicted molar refractivity (Wildman–Crippen MR) is 78.6 cm³/mol. The van der Waals surface area contributed by atoms with Crippen LogP contribution in [-0.2, 0) is 4.79 Å². The number of amides is 1. The Labute approximate surface area is 120 Å². The molecule has 0 bridgehead atoms. The van der Waals surface area contributed by atoms with Crippen molar-refractivity contribution in [1.29, 1.82) is 0 Å². The van der Waals surface area contributed by atoms with Gasteiger partial charge in [-0.25, -0.2) is 0 Å². The molecule has 0 saturated carbocycles. The SMILES string of the molecule is CC[C@@H](Oc1cccc(Cl)c1)C(=O)N[C@@H](C)C(C)C. The van der Waals surface area contributed by atoms with Crippen LogP contribution in [0.25, 0.3) is 0 Å². The summed E-state index contributed by atoms with van der Waals surface area (Å²) in [6.45, 7) is 8.07. The summed E-state index contributed by atoms with van der Waals surface area (Å²) in [5, 5.41) is 3.57. The van der Waals surface area contributed by atoms with Gasteiger partial charge in [0.25, 0.3) is 5.91 Å². The first kappa shape index (κ1) is 15.8. The zero-order valence-electron chi connectivity index (χ0n) is 11.9. The second-order valence-electron chi connectivity index (χ2n) is 5.01. The second kappa shape index (κ2) is 7.39. The predicted octanol–water partition coefficient (Wildman–Crippen LogP) is 3.66. The van der Waals surface area contributed by atoms with Crippen molar-refractivity contribution in [3.63, 3.8) is 0 Å². The molecule has 1 N–H and O–H groups in total. The minimum atomic E-state index is -0.486. The maximum Gasteiger partial charge on any atom is 0.261 e. The Bertz CT molecular complexity index is 420. The molecule has 4 heteroatoms. The van der Waals surface area contributed by atoms with E-state index in [2.05, 4.69) is 19.2 Å². The topological polar surface area (TPSA) is 38.3 Å². The molecule has 0 aromatic heterocycles. The molecule has 0 aliphatic heterocycles. The van der Waals surface area contributed by atoms with Crippen LogP contribution in [-0.4, -0.2) is 18.1 Å². The molecule has 3 nitrogen and oxygen atoms in total. The van der Waals surface area contributed by atoms with E-state index in [0.29, 0.717) is 23.1 Å². The normalized spacial score (nSPS) is 14.0. The molecule has 2 atom stereocenters. The van der Waals surface area contributed by atoms with Crippen molar-refractivity contribution in [3.8, 4) is 5.75 Å². The third-order valence-electron chi connectivity index (χ3n) is 3.11. The number of hydrogen-bond acceptors (Lipinski definition) is 2. The van der Waals surface area contributed by atoms with Crippen molar-refractivity contribution in [3.05, 3.63) is 29.3 Å². The van der Waals surface area contributed by atoms with Crippen molar-refractivity contribution in [1.82, 2.24) is 5.32 Å². The minimum Gasteiger partial charge on any atom is -0.481 e. The largest absolute Gasteiger partial charge is 0.481 e. The fourth-order valence-electron chi connectivity index (χ4n) is 1.51. The number of benzene rings is 1. The van der Waals surface area contributed by atoms with E-state index in [0.717, 1.165) is 0 Å². The summed E-state index contributed by atoms with van der Waals surface area (Å²) >= 11 is 5.90. The monoisotopic (exact) mass is 283 g/mol. The summed E-state index contributed by atoms with van der Waals surface area (Å²) in [5.74, 6) is 0.933. The van der Waals surface area contributed by atoms with Crippen LogP contribution in [0.1, 0.15) is 34.1 Å². The highest BCUT2D eigenvalue weighted by Crippen LogP contribution is 2.19. The molecule has 0 saturated heterocycles. The van der Waals surface area contributed by atoms with Gasteiger partial charge in [-0.2, -0.15) is 0 Å². The highest BCUT2D eigenvalue weighted by Gasteiger charge is 2.21. The van der Waals surface area contributed by atoms with Gasteiger partial charge in [-0.05, 0) is 37.5 Å². The highest BCUT2D eigenvalue weighted by atomic mass is 35.5. The number of carbonyl (C=O) groups is 1. The number of nitrogens with one attached hydrogen (secondary N) is 1. The first-order valence-corrected chi connectivity index (χ1v) is 7.04. The van der Waals surface area contributed by atoms with Crippen LogP contribution in [0.3, 0.4) is 0 Å². The van der Waals surface area contributed by atoms with Gasteiger partial charge in [0.1, 0.15) is 5.75 Å². The Hall–Kier alpha value is -1.22. The molecular formula is C15H22ClNO2. The van der Waals surface area contributed by atoms with Crippen LogP contribution in [0.15, 0.2) is 24.3 Å². The van der Waals surface area contributed by atoms with Gasteiger partial charge in [-0.1, -0.05) is 38.4 Å². The van der Waals surface area contributed by atoms with E-state index in [1.807, 2.05) is 13.8 Å². The van der Waals surface area contributed by atoms with Gasteiger partial charge >= 0.3 is 0 Å². The average Bonchev–Trinajstić information content (AvgIpc) is 2.35. The number of halogens is 1. The summed E-state index contributed by atoms with van der Waals surface area (Å²) in [6, 6.07) is 7.22. The van der Waals surface area contributed by atoms with E-state index in [1.165, 1.54) is 0 Å². The molecule has 0 aliphatic rings. The van der Waals surface area contributed by atoms with Gasteiger partial charge in [0.05, 0.1) is 0 Å². The van der Waals surface area contributed by atoms with Crippen molar-refractivity contribution >= 4 is 17.5 Å². The molecule has 1 aromatic rings. The van der Waals surface area contributed by atoms with Crippen LogP contribution in [0.5, 0.6) is 5.75 Å². The molecule has 1 aromatic carbocycles. The molecule has 0 unspecified atom stereocenters. The minimum absolute atomic E-state index is 0.0799. The average molecular weight is 284 g/mol. The lowest BCUT2D eigenvalue weighted by Crippen LogP contribution is -2.44. The Morgan fingerprint density at radius 1 is 1.37 bits per heavy atom. The number of hydrogen-bond donors (Lipinski definition) is 1. The van der Waals surface area contributed by atoms with Crippen LogP contribution >= 0.6 is 11.6 Å². The van der Waals surface area contributed by atoms with Crippen LogP contribution in [0.2, 0.25) is 5.02 Å². The quantitative estimate of drug-likeness (QED) is 0.865. The maximum absolute atomic E-state index is 12.1. The van der Waals surface area contributed by atoms with Crippen molar-refractivity contribution < 1.29 is 9.53 Å². The molecule has 0 heterocycles. The molecule has 0 fully saturated rings. The van der Waals surface area contributed by atoms with Crippen LogP contribution < -0.4 is 10.1 Å². The molecule has 0 radical (unpaired) electrons. The number of carbonyl (C=O) groups excluding carboxylic acids is 1. The van der Waals surface area contributed by atoms with Gasteiger partial charge < -0.3 is 10.1 Å².